The number of carbonyl (C=O) groups excluding carboxylic acids is 1. The van der Waals surface area contributed by atoms with Crippen LogP contribution in [0.3, 0.4) is 0 Å². The first kappa shape index (κ1) is 30.7. The third-order valence-electron chi connectivity index (χ3n) is 7.40. The molecule has 0 N–H and O–H groups in total. The molecule has 0 aromatic heterocycles. The third-order valence-corrected chi connectivity index (χ3v) is 7.70. The first-order chi connectivity index (χ1) is 19.8. The van der Waals surface area contributed by atoms with E-state index in [1.165, 1.54) is 12.1 Å². The number of aryl methyl sites for hydroxylation is 1. The van der Waals surface area contributed by atoms with Gasteiger partial charge < -0.3 is 14.2 Å². The van der Waals surface area contributed by atoms with Crippen LogP contribution >= 0.6 is 11.6 Å². The van der Waals surface area contributed by atoms with Gasteiger partial charge >= 0.3 is 6.09 Å². The highest BCUT2D eigenvalue weighted by atomic mass is 35.5. The van der Waals surface area contributed by atoms with Gasteiger partial charge in [0.05, 0.1) is 36.0 Å². The molecule has 5 rings (SSSR count). The summed E-state index contributed by atoms with van der Waals surface area (Å²) in [7, 11) is 0. The van der Waals surface area contributed by atoms with E-state index >= 15 is 0 Å². The van der Waals surface area contributed by atoms with Crippen molar-refractivity contribution in [3.8, 4) is 22.6 Å². The van der Waals surface area contributed by atoms with E-state index in [0.717, 1.165) is 48.2 Å². The molecule has 2 heterocycles. The Kier molecular flexibility index (Phi) is 10.2. The molecule has 6 nitrogen and oxygen atoms in total. The van der Waals surface area contributed by atoms with E-state index in [-0.39, 0.29) is 11.9 Å². The zero-order valence-corrected chi connectivity index (χ0v) is 25.4. The van der Waals surface area contributed by atoms with Gasteiger partial charge in [-0.25, -0.2) is 9.18 Å². The van der Waals surface area contributed by atoms with Gasteiger partial charge in [-0.05, 0) is 73.9 Å². The molecule has 1 spiro atoms. The maximum Gasteiger partial charge on any atom is 0.415 e. The summed E-state index contributed by atoms with van der Waals surface area (Å²) < 4.78 is 31.6. The lowest BCUT2D eigenvalue weighted by Gasteiger charge is -2.37. The topological polar surface area (TPSA) is 51.2 Å². The van der Waals surface area contributed by atoms with Crippen molar-refractivity contribution >= 4 is 23.4 Å². The molecule has 2 aliphatic rings. The fourth-order valence-electron chi connectivity index (χ4n) is 5.45. The fraction of sp³-hybridized carbons (Fsp3) is 0.424. The molecule has 2 fully saturated rings. The summed E-state index contributed by atoms with van der Waals surface area (Å²) in [6.45, 7) is 13.7. The van der Waals surface area contributed by atoms with Gasteiger partial charge in [-0.1, -0.05) is 43.6 Å². The number of halogens is 2. The zero-order chi connectivity index (χ0) is 29.6. The predicted molar refractivity (Wildman–Crippen MR) is 163 cm³/mol. The second-order valence-corrected chi connectivity index (χ2v) is 10.6. The fourth-order valence-corrected chi connectivity index (χ4v) is 5.79. The predicted octanol–water partition coefficient (Wildman–Crippen LogP) is 8.27. The lowest BCUT2D eigenvalue weighted by atomic mass is 9.91. The number of amides is 1. The number of hydrogen-bond acceptors (Lipinski definition) is 5. The number of benzene rings is 3. The molecule has 3 aromatic carbocycles. The van der Waals surface area contributed by atoms with E-state index in [9.17, 15) is 9.18 Å². The normalized spacial score (nSPS) is 16.3. The maximum absolute atomic E-state index is 13.6. The number of anilines is 1. The monoisotopic (exact) mass is 582 g/mol. The number of rotatable bonds is 8. The van der Waals surface area contributed by atoms with E-state index in [1.807, 2.05) is 65.0 Å². The smallest absolute Gasteiger partial charge is 0.415 e. The van der Waals surface area contributed by atoms with E-state index in [0.29, 0.717) is 48.5 Å². The van der Waals surface area contributed by atoms with E-state index < -0.39 is 5.60 Å². The lowest BCUT2D eigenvalue weighted by Crippen LogP contribution is -2.46. The van der Waals surface area contributed by atoms with Crippen molar-refractivity contribution in [2.75, 3.05) is 37.7 Å². The van der Waals surface area contributed by atoms with Crippen LogP contribution in [0.25, 0.3) is 11.1 Å². The minimum atomic E-state index is -0.513. The van der Waals surface area contributed by atoms with Crippen molar-refractivity contribution < 1.29 is 23.4 Å². The summed E-state index contributed by atoms with van der Waals surface area (Å²) in [5.41, 5.74) is 3.97. The maximum atomic E-state index is 13.6. The molecule has 0 radical (unpaired) electrons. The molecule has 0 bridgehead atoms. The SMILES string of the molecule is CC.CCOc1cc(CN2CCC3(CC2)CN(c2ccc(C)cc2Cl)C(=O)O3)cc(OCC)c1-c1ccc(F)cc1. The summed E-state index contributed by atoms with van der Waals surface area (Å²) in [6, 6.07) is 16.2. The quantitative estimate of drug-likeness (QED) is 0.267. The highest BCUT2D eigenvalue weighted by Gasteiger charge is 2.47. The van der Waals surface area contributed by atoms with Gasteiger partial charge in [-0.15, -0.1) is 0 Å². The van der Waals surface area contributed by atoms with Crippen LogP contribution in [0.15, 0.2) is 54.6 Å². The minimum absolute atomic E-state index is 0.285. The van der Waals surface area contributed by atoms with Gasteiger partial charge in [-0.3, -0.25) is 9.80 Å². The Bertz CT molecular complexity index is 1310. The number of hydrogen-bond donors (Lipinski definition) is 0. The average molecular weight is 583 g/mol. The molecule has 8 heteroatoms. The van der Waals surface area contributed by atoms with Gasteiger partial charge in [0.25, 0.3) is 0 Å². The summed E-state index contributed by atoms with van der Waals surface area (Å²) in [5.74, 6) is 1.15. The van der Waals surface area contributed by atoms with Crippen LogP contribution in [-0.4, -0.2) is 49.4 Å². The molecule has 0 saturated carbocycles. The standard InChI is InChI=1S/C31H34ClFN2O4.C2H6/c1-4-37-27-17-22(18-28(38-5-2)29(27)23-7-9-24(33)10-8-23)19-34-14-12-31(13-15-34)20-35(30(36)39-31)26-11-6-21(3)16-25(26)32;1-2/h6-11,16-18H,4-5,12-15,19-20H2,1-3H3;1-2H3. The summed E-state index contributed by atoms with van der Waals surface area (Å²) >= 11 is 6.45. The van der Waals surface area contributed by atoms with Crippen LogP contribution in [-0.2, 0) is 11.3 Å². The summed E-state index contributed by atoms with van der Waals surface area (Å²) in [6.07, 6.45) is 1.14. The van der Waals surface area contributed by atoms with Gasteiger partial charge in [0, 0.05) is 32.5 Å². The number of likely N-dealkylation sites (tertiary alicyclic amines) is 1. The molecule has 220 valence electrons. The minimum Gasteiger partial charge on any atom is -0.493 e. The molecule has 1 amide bonds. The van der Waals surface area contributed by atoms with Crippen LogP contribution in [0.5, 0.6) is 11.5 Å². The summed E-state index contributed by atoms with van der Waals surface area (Å²) in [4.78, 5) is 16.8. The molecule has 0 aliphatic carbocycles. The zero-order valence-electron chi connectivity index (χ0n) is 24.6. The van der Waals surface area contributed by atoms with Crippen LogP contribution in [0, 0.1) is 12.7 Å². The lowest BCUT2D eigenvalue weighted by molar-refractivity contribution is -0.00100. The van der Waals surface area contributed by atoms with Crippen LogP contribution < -0.4 is 14.4 Å². The van der Waals surface area contributed by atoms with Gasteiger partial charge in [-0.2, -0.15) is 0 Å². The van der Waals surface area contributed by atoms with Crippen LogP contribution in [0.1, 0.15) is 51.7 Å². The van der Waals surface area contributed by atoms with Crippen molar-refractivity contribution in [1.29, 1.82) is 0 Å². The first-order valence-corrected chi connectivity index (χ1v) is 14.9. The number of nitrogens with zero attached hydrogens (tertiary/aromatic N) is 2. The van der Waals surface area contributed by atoms with Crippen molar-refractivity contribution in [3.63, 3.8) is 0 Å². The Morgan fingerprint density at radius 2 is 1.56 bits per heavy atom. The Morgan fingerprint density at radius 1 is 0.951 bits per heavy atom. The van der Waals surface area contributed by atoms with E-state index in [4.69, 9.17) is 25.8 Å². The first-order valence-electron chi connectivity index (χ1n) is 14.5. The van der Waals surface area contributed by atoms with Crippen molar-refractivity contribution in [1.82, 2.24) is 4.90 Å². The molecule has 0 atom stereocenters. The average Bonchev–Trinajstić information content (AvgIpc) is 3.27. The van der Waals surface area contributed by atoms with Crippen molar-refractivity contribution in [3.05, 3.63) is 76.6 Å². The Labute approximate surface area is 248 Å². The molecular formula is C33H40ClFN2O4. The Morgan fingerprint density at radius 3 is 2.12 bits per heavy atom. The Balaban J connectivity index is 0.00000189. The van der Waals surface area contributed by atoms with Crippen LogP contribution in [0.4, 0.5) is 14.9 Å². The second-order valence-electron chi connectivity index (χ2n) is 10.2. The third kappa shape index (κ3) is 6.96. The van der Waals surface area contributed by atoms with Gasteiger partial charge in [0.1, 0.15) is 22.9 Å². The van der Waals surface area contributed by atoms with E-state index in [1.54, 1.807) is 17.0 Å². The highest BCUT2D eigenvalue weighted by Crippen LogP contribution is 2.42. The largest absolute Gasteiger partial charge is 0.493 e. The van der Waals surface area contributed by atoms with E-state index in [2.05, 4.69) is 4.90 Å². The van der Waals surface area contributed by atoms with Crippen molar-refractivity contribution in [2.24, 2.45) is 0 Å². The molecule has 3 aromatic rings. The number of ether oxygens (including phenoxy) is 3. The molecule has 2 saturated heterocycles. The summed E-state index contributed by atoms with van der Waals surface area (Å²) in [5, 5.41) is 0.556. The van der Waals surface area contributed by atoms with Gasteiger partial charge in [0.15, 0.2) is 0 Å². The molecule has 41 heavy (non-hydrogen) atoms. The highest BCUT2D eigenvalue weighted by molar-refractivity contribution is 6.33. The molecular weight excluding hydrogens is 543 g/mol. The number of carbonyl (C=O) groups is 1. The van der Waals surface area contributed by atoms with Crippen LogP contribution in [0.2, 0.25) is 5.02 Å². The Hall–Kier alpha value is -3.29. The molecule has 0 unspecified atom stereocenters. The second kappa shape index (κ2) is 13.6. The van der Waals surface area contributed by atoms with Gasteiger partial charge in [0.2, 0.25) is 0 Å². The molecule has 2 aliphatic heterocycles. The number of piperidine rings is 1. The van der Waals surface area contributed by atoms with Crippen molar-refractivity contribution in [2.45, 2.75) is 59.6 Å².